The van der Waals surface area contributed by atoms with E-state index in [2.05, 4.69) is 5.32 Å². The van der Waals surface area contributed by atoms with Gasteiger partial charge in [-0.1, -0.05) is 0 Å². The van der Waals surface area contributed by atoms with E-state index in [0.717, 1.165) is 4.31 Å². The molecule has 0 bridgehead atoms. The number of rotatable bonds is 8. The van der Waals surface area contributed by atoms with E-state index in [1.54, 1.807) is 55.5 Å². The highest BCUT2D eigenvalue weighted by Crippen LogP contribution is 2.24. The van der Waals surface area contributed by atoms with Gasteiger partial charge in [-0.15, -0.1) is 0 Å². The maximum absolute atomic E-state index is 12.9. The van der Waals surface area contributed by atoms with Crippen LogP contribution in [0.1, 0.15) is 27.6 Å². The lowest BCUT2D eigenvalue weighted by atomic mass is 10.1. The highest BCUT2D eigenvalue weighted by Gasteiger charge is 2.21. The van der Waals surface area contributed by atoms with Crippen molar-refractivity contribution in [2.24, 2.45) is 0 Å². The van der Waals surface area contributed by atoms with Crippen LogP contribution in [0.4, 0.5) is 11.4 Å². The van der Waals surface area contributed by atoms with Crippen LogP contribution < -0.4 is 14.4 Å². The summed E-state index contributed by atoms with van der Waals surface area (Å²) in [4.78, 5) is 24.4. The van der Waals surface area contributed by atoms with Crippen LogP contribution in [0.25, 0.3) is 0 Å². The quantitative estimate of drug-likeness (QED) is 0.502. The van der Waals surface area contributed by atoms with Crippen LogP contribution in [0.15, 0.2) is 77.7 Å². The smallest absolute Gasteiger partial charge is 0.338 e. The van der Waals surface area contributed by atoms with E-state index in [4.69, 9.17) is 9.47 Å². The van der Waals surface area contributed by atoms with Gasteiger partial charge in [-0.25, -0.2) is 13.2 Å². The Morgan fingerprint density at radius 3 is 2.00 bits per heavy atom. The summed E-state index contributed by atoms with van der Waals surface area (Å²) in [5, 5.41) is 2.74. The predicted molar refractivity (Wildman–Crippen MR) is 125 cm³/mol. The van der Waals surface area contributed by atoms with Crippen LogP contribution in [0.2, 0.25) is 0 Å². The lowest BCUT2D eigenvalue weighted by molar-refractivity contribution is 0.0526. The lowest BCUT2D eigenvalue weighted by Crippen LogP contribution is -2.26. The van der Waals surface area contributed by atoms with Crippen molar-refractivity contribution in [1.82, 2.24) is 0 Å². The van der Waals surface area contributed by atoms with Crippen LogP contribution in [-0.4, -0.2) is 41.1 Å². The Labute approximate surface area is 192 Å². The van der Waals surface area contributed by atoms with Gasteiger partial charge in [0.05, 0.1) is 29.9 Å². The first kappa shape index (κ1) is 23.8. The zero-order valence-electron chi connectivity index (χ0n) is 18.4. The number of benzene rings is 3. The molecule has 1 N–H and O–H groups in total. The number of methoxy groups -OCH3 is 1. The third kappa shape index (κ3) is 5.50. The number of nitrogens with one attached hydrogen (secondary N) is 1. The summed E-state index contributed by atoms with van der Waals surface area (Å²) in [6.07, 6.45) is 0. The largest absolute Gasteiger partial charge is 0.497 e. The van der Waals surface area contributed by atoms with Gasteiger partial charge in [-0.3, -0.25) is 9.10 Å². The molecule has 3 aromatic carbocycles. The van der Waals surface area contributed by atoms with Crippen LogP contribution in [0, 0.1) is 0 Å². The second-order valence-corrected chi connectivity index (χ2v) is 8.92. The molecule has 0 aliphatic rings. The molecule has 0 radical (unpaired) electrons. The van der Waals surface area contributed by atoms with Gasteiger partial charge >= 0.3 is 5.97 Å². The topological polar surface area (TPSA) is 102 Å². The highest BCUT2D eigenvalue weighted by molar-refractivity contribution is 7.92. The molecule has 0 atom stereocenters. The molecule has 8 nitrogen and oxygen atoms in total. The van der Waals surface area contributed by atoms with Crippen molar-refractivity contribution in [1.29, 1.82) is 0 Å². The number of amides is 1. The molecule has 0 aromatic heterocycles. The van der Waals surface area contributed by atoms with E-state index in [0.29, 0.717) is 28.3 Å². The fourth-order valence-corrected chi connectivity index (χ4v) is 4.17. The number of hydrogen-bond donors (Lipinski definition) is 1. The van der Waals surface area contributed by atoms with E-state index >= 15 is 0 Å². The first-order valence-electron chi connectivity index (χ1n) is 10.1. The molecule has 33 heavy (non-hydrogen) atoms. The summed E-state index contributed by atoms with van der Waals surface area (Å²) in [6.45, 7) is 2.01. The third-order valence-electron chi connectivity index (χ3n) is 4.86. The van der Waals surface area contributed by atoms with Gasteiger partial charge in [0.1, 0.15) is 5.75 Å². The Morgan fingerprint density at radius 1 is 0.879 bits per heavy atom. The monoisotopic (exact) mass is 468 g/mol. The van der Waals surface area contributed by atoms with Gasteiger partial charge in [-0.05, 0) is 79.7 Å². The summed E-state index contributed by atoms with van der Waals surface area (Å²) >= 11 is 0. The number of anilines is 2. The van der Waals surface area contributed by atoms with Crippen molar-refractivity contribution in [2.45, 2.75) is 11.8 Å². The zero-order valence-corrected chi connectivity index (χ0v) is 19.3. The Morgan fingerprint density at radius 2 is 1.45 bits per heavy atom. The zero-order chi connectivity index (χ0) is 24.0. The fourth-order valence-electron chi connectivity index (χ4n) is 2.97. The Bertz CT molecular complexity index is 1220. The number of sulfonamides is 1. The number of carbonyl (C=O) groups excluding carboxylic acids is 2. The molecule has 3 rings (SSSR count). The maximum Gasteiger partial charge on any atom is 0.338 e. The molecule has 0 saturated heterocycles. The minimum absolute atomic E-state index is 0.124. The minimum Gasteiger partial charge on any atom is -0.497 e. The van der Waals surface area contributed by atoms with Crippen molar-refractivity contribution >= 4 is 33.3 Å². The Hall–Kier alpha value is -3.85. The van der Waals surface area contributed by atoms with Crippen molar-refractivity contribution in [3.8, 4) is 5.75 Å². The second-order valence-electron chi connectivity index (χ2n) is 6.95. The molecule has 0 unspecified atom stereocenters. The van der Waals surface area contributed by atoms with Gasteiger partial charge in [0.15, 0.2) is 0 Å². The van der Waals surface area contributed by atoms with E-state index < -0.39 is 16.0 Å². The average molecular weight is 469 g/mol. The normalized spacial score (nSPS) is 10.9. The van der Waals surface area contributed by atoms with E-state index in [9.17, 15) is 18.0 Å². The Balaban J connectivity index is 1.69. The SMILES string of the molecule is CCOC(=O)c1ccc(NC(=O)c2ccc(N(C)S(=O)(=O)c3ccc(OC)cc3)cc2)cc1. The standard InChI is InChI=1S/C24H24N2O6S/c1-4-32-24(28)18-5-9-19(10-6-18)25-23(27)17-7-11-20(12-8-17)26(2)33(29,30)22-15-13-21(31-3)14-16-22/h5-16H,4H2,1-3H3,(H,25,27). The van der Waals surface area contributed by atoms with Gasteiger partial charge < -0.3 is 14.8 Å². The summed E-state index contributed by atoms with van der Waals surface area (Å²) in [5.74, 6) is -0.242. The molecule has 9 heteroatoms. The maximum atomic E-state index is 12.9. The minimum atomic E-state index is -3.77. The average Bonchev–Trinajstić information content (AvgIpc) is 2.84. The number of carbonyl (C=O) groups is 2. The predicted octanol–water partition coefficient (Wildman–Crippen LogP) is 3.95. The van der Waals surface area contributed by atoms with Crippen molar-refractivity contribution < 1.29 is 27.5 Å². The van der Waals surface area contributed by atoms with E-state index in [-0.39, 0.29) is 17.4 Å². The van der Waals surface area contributed by atoms with E-state index in [1.807, 2.05) is 0 Å². The van der Waals surface area contributed by atoms with Crippen LogP contribution >= 0.6 is 0 Å². The van der Waals surface area contributed by atoms with Crippen molar-refractivity contribution in [3.63, 3.8) is 0 Å². The molecule has 0 aliphatic heterocycles. The molecule has 1 amide bonds. The Kier molecular flexibility index (Phi) is 7.34. The molecule has 0 spiro atoms. The number of nitrogens with zero attached hydrogens (tertiary/aromatic N) is 1. The summed E-state index contributed by atoms with van der Waals surface area (Å²) in [6, 6.07) is 18.6. The molecule has 0 aliphatic carbocycles. The third-order valence-corrected chi connectivity index (χ3v) is 6.66. The second kappa shape index (κ2) is 10.2. The molecule has 0 saturated carbocycles. The van der Waals surface area contributed by atoms with E-state index in [1.165, 1.54) is 38.4 Å². The van der Waals surface area contributed by atoms with Crippen LogP contribution in [0.3, 0.4) is 0 Å². The summed E-state index contributed by atoms with van der Waals surface area (Å²) < 4.78 is 36.9. The molecular formula is C24H24N2O6S. The molecule has 0 fully saturated rings. The fraction of sp³-hybridized carbons (Fsp3) is 0.167. The first-order valence-corrected chi connectivity index (χ1v) is 11.5. The first-order chi connectivity index (χ1) is 15.8. The highest BCUT2D eigenvalue weighted by atomic mass is 32.2. The molecule has 0 heterocycles. The van der Waals surface area contributed by atoms with Crippen LogP contribution in [-0.2, 0) is 14.8 Å². The van der Waals surface area contributed by atoms with Crippen molar-refractivity contribution in [3.05, 3.63) is 83.9 Å². The van der Waals surface area contributed by atoms with Gasteiger partial charge in [0, 0.05) is 18.3 Å². The summed E-state index contributed by atoms with van der Waals surface area (Å²) in [5.41, 5.74) is 1.65. The van der Waals surface area contributed by atoms with Crippen molar-refractivity contribution in [2.75, 3.05) is 30.4 Å². The van der Waals surface area contributed by atoms with Gasteiger partial charge in [0.25, 0.3) is 15.9 Å². The van der Waals surface area contributed by atoms with Gasteiger partial charge in [-0.2, -0.15) is 0 Å². The number of hydrogen-bond acceptors (Lipinski definition) is 6. The van der Waals surface area contributed by atoms with Gasteiger partial charge in [0.2, 0.25) is 0 Å². The summed E-state index contributed by atoms with van der Waals surface area (Å²) in [7, 11) is -0.825. The number of ether oxygens (including phenoxy) is 2. The lowest BCUT2D eigenvalue weighted by Gasteiger charge is -2.20. The van der Waals surface area contributed by atoms with Crippen LogP contribution in [0.5, 0.6) is 5.75 Å². The number of esters is 1. The molecule has 172 valence electrons. The molecule has 3 aromatic rings. The molecular weight excluding hydrogens is 444 g/mol.